The first kappa shape index (κ1) is 17.4. The summed E-state index contributed by atoms with van der Waals surface area (Å²) in [6, 6.07) is 9.66. The van der Waals surface area contributed by atoms with Crippen molar-refractivity contribution in [3.8, 4) is 5.88 Å². The molecule has 0 bridgehead atoms. The molecule has 5 nitrogen and oxygen atoms in total. The lowest BCUT2D eigenvalue weighted by Crippen LogP contribution is -2.40. The third-order valence-electron chi connectivity index (χ3n) is 4.08. The first-order chi connectivity index (χ1) is 12.0. The number of aromatic nitrogens is 2. The van der Waals surface area contributed by atoms with Crippen molar-refractivity contribution >= 4 is 33.1 Å². The van der Waals surface area contributed by atoms with Gasteiger partial charge in [-0.05, 0) is 45.4 Å². The predicted molar refractivity (Wildman–Crippen MR) is 101 cm³/mol. The predicted octanol–water partition coefficient (Wildman–Crippen LogP) is 4.13. The zero-order valence-electron chi connectivity index (χ0n) is 14.8. The summed E-state index contributed by atoms with van der Waals surface area (Å²) in [5, 5.41) is 0.897. The molecule has 0 aliphatic carbocycles. The maximum absolute atomic E-state index is 12.7. The fourth-order valence-electron chi connectivity index (χ4n) is 2.78. The van der Waals surface area contributed by atoms with Crippen LogP contribution in [0.2, 0.25) is 0 Å². The van der Waals surface area contributed by atoms with Crippen molar-refractivity contribution in [1.29, 1.82) is 0 Å². The van der Waals surface area contributed by atoms with E-state index in [0.717, 1.165) is 21.5 Å². The van der Waals surface area contributed by atoms with Crippen molar-refractivity contribution in [2.24, 2.45) is 0 Å². The second-order valence-electron chi connectivity index (χ2n) is 6.12. The van der Waals surface area contributed by atoms with Crippen molar-refractivity contribution in [1.82, 2.24) is 9.97 Å². The largest absolute Gasteiger partial charge is 0.467 e. The third kappa shape index (κ3) is 3.49. The van der Waals surface area contributed by atoms with Gasteiger partial charge in [0, 0.05) is 16.6 Å². The molecule has 0 atom stereocenters. The van der Waals surface area contributed by atoms with Crippen LogP contribution in [0, 0.1) is 13.8 Å². The van der Waals surface area contributed by atoms with Crippen LogP contribution in [0.4, 0.5) is 5.69 Å². The quantitative estimate of drug-likeness (QED) is 0.690. The second-order valence-corrected chi connectivity index (χ2v) is 7.33. The van der Waals surface area contributed by atoms with Gasteiger partial charge in [-0.3, -0.25) is 4.79 Å². The lowest BCUT2D eigenvalue weighted by atomic mass is 10.2. The lowest BCUT2D eigenvalue weighted by molar-refractivity contribution is -0.121. The van der Waals surface area contributed by atoms with E-state index >= 15 is 0 Å². The molecule has 0 saturated heterocycles. The summed E-state index contributed by atoms with van der Waals surface area (Å²) in [6.45, 7) is 7.98. The number of ether oxygens (including phenoxy) is 1. The number of aryl methyl sites for hydroxylation is 2. The van der Waals surface area contributed by atoms with Gasteiger partial charge in [0.2, 0.25) is 5.88 Å². The number of carbonyl (C=O) groups excluding carboxylic acids is 1. The summed E-state index contributed by atoms with van der Waals surface area (Å²) in [7, 11) is 0. The summed E-state index contributed by atoms with van der Waals surface area (Å²) in [5.74, 6) is 0.370. The number of para-hydroxylation sites is 1. The number of benzene rings is 1. The Kier molecular flexibility index (Phi) is 4.99. The van der Waals surface area contributed by atoms with E-state index < -0.39 is 0 Å². The smallest absolute Gasteiger partial charge is 0.265 e. The molecule has 0 aliphatic heterocycles. The van der Waals surface area contributed by atoms with Crippen molar-refractivity contribution in [3.05, 3.63) is 47.1 Å². The number of rotatable bonds is 5. The van der Waals surface area contributed by atoms with Crippen LogP contribution < -0.4 is 9.64 Å². The van der Waals surface area contributed by atoms with Crippen LogP contribution in [0.25, 0.3) is 10.2 Å². The molecule has 0 N–H and O–H groups in total. The Morgan fingerprint density at radius 3 is 2.60 bits per heavy atom. The van der Waals surface area contributed by atoms with Crippen LogP contribution in [-0.4, -0.2) is 28.5 Å². The van der Waals surface area contributed by atoms with E-state index in [2.05, 4.69) is 9.97 Å². The Morgan fingerprint density at radius 1 is 1.20 bits per heavy atom. The van der Waals surface area contributed by atoms with Crippen molar-refractivity contribution in [3.63, 3.8) is 0 Å². The number of nitrogens with zero attached hydrogens (tertiary/aromatic N) is 3. The van der Waals surface area contributed by atoms with Gasteiger partial charge in [0.05, 0.1) is 5.39 Å². The minimum atomic E-state index is -0.0995. The van der Waals surface area contributed by atoms with Gasteiger partial charge in [0.15, 0.2) is 6.61 Å². The molecule has 0 radical (unpaired) electrons. The van der Waals surface area contributed by atoms with Crippen molar-refractivity contribution in [2.75, 3.05) is 11.5 Å². The summed E-state index contributed by atoms with van der Waals surface area (Å²) < 4.78 is 5.79. The minimum absolute atomic E-state index is 0.0362. The number of hydrogen-bond donors (Lipinski definition) is 0. The van der Waals surface area contributed by atoms with E-state index in [1.54, 1.807) is 16.2 Å². The summed E-state index contributed by atoms with van der Waals surface area (Å²) in [6.07, 6.45) is 1.48. The monoisotopic (exact) mass is 355 g/mol. The average Bonchev–Trinajstić information content (AvgIpc) is 2.89. The maximum Gasteiger partial charge on any atom is 0.265 e. The molecule has 0 aliphatic rings. The van der Waals surface area contributed by atoms with Gasteiger partial charge >= 0.3 is 0 Å². The van der Waals surface area contributed by atoms with E-state index in [9.17, 15) is 4.79 Å². The molecule has 3 aromatic rings. The maximum atomic E-state index is 12.7. The number of thiophene rings is 1. The minimum Gasteiger partial charge on any atom is -0.467 e. The SMILES string of the molecule is Cc1sc2ncnc(OCC(=O)N(c3ccccc3)C(C)C)c2c1C. The molecule has 1 amide bonds. The van der Waals surface area contributed by atoms with Crippen molar-refractivity contribution < 1.29 is 9.53 Å². The van der Waals surface area contributed by atoms with E-state index in [0.29, 0.717) is 5.88 Å². The number of amides is 1. The molecular formula is C19H21N3O2S. The highest BCUT2D eigenvalue weighted by atomic mass is 32.1. The topological polar surface area (TPSA) is 55.3 Å². The molecule has 0 unspecified atom stereocenters. The van der Waals surface area contributed by atoms with Gasteiger partial charge in [-0.15, -0.1) is 11.3 Å². The Balaban J connectivity index is 1.82. The van der Waals surface area contributed by atoms with Crippen LogP contribution in [-0.2, 0) is 4.79 Å². The summed E-state index contributed by atoms with van der Waals surface area (Å²) in [4.78, 5) is 25.1. The fraction of sp³-hybridized carbons (Fsp3) is 0.316. The van der Waals surface area contributed by atoms with E-state index in [1.165, 1.54) is 11.2 Å². The second kappa shape index (κ2) is 7.19. The van der Waals surface area contributed by atoms with Gasteiger partial charge in [0.25, 0.3) is 5.91 Å². The zero-order valence-corrected chi connectivity index (χ0v) is 15.6. The highest BCUT2D eigenvalue weighted by Crippen LogP contribution is 2.33. The van der Waals surface area contributed by atoms with Gasteiger partial charge < -0.3 is 9.64 Å². The molecule has 25 heavy (non-hydrogen) atoms. The first-order valence-corrected chi connectivity index (χ1v) is 9.01. The van der Waals surface area contributed by atoms with Gasteiger partial charge in [-0.25, -0.2) is 9.97 Å². The molecule has 0 fully saturated rings. The van der Waals surface area contributed by atoms with E-state index in [1.807, 2.05) is 58.0 Å². The van der Waals surface area contributed by atoms with Crippen LogP contribution in [0.3, 0.4) is 0 Å². The highest BCUT2D eigenvalue weighted by Gasteiger charge is 2.21. The van der Waals surface area contributed by atoms with Crippen LogP contribution in [0.1, 0.15) is 24.3 Å². The molecule has 2 aromatic heterocycles. The first-order valence-electron chi connectivity index (χ1n) is 8.19. The van der Waals surface area contributed by atoms with Crippen LogP contribution in [0.5, 0.6) is 5.88 Å². The fourth-order valence-corrected chi connectivity index (χ4v) is 3.77. The molecule has 0 saturated carbocycles. The molecule has 2 heterocycles. The molecule has 3 rings (SSSR count). The number of carbonyl (C=O) groups is 1. The molecule has 130 valence electrons. The van der Waals surface area contributed by atoms with E-state index in [-0.39, 0.29) is 18.6 Å². The number of hydrogen-bond acceptors (Lipinski definition) is 5. The van der Waals surface area contributed by atoms with E-state index in [4.69, 9.17) is 4.74 Å². The van der Waals surface area contributed by atoms with Crippen molar-refractivity contribution in [2.45, 2.75) is 33.7 Å². The van der Waals surface area contributed by atoms with Crippen LogP contribution >= 0.6 is 11.3 Å². The third-order valence-corrected chi connectivity index (χ3v) is 5.20. The highest BCUT2D eigenvalue weighted by molar-refractivity contribution is 7.18. The average molecular weight is 355 g/mol. The normalized spacial score (nSPS) is 11.1. The molecule has 1 aromatic carbocycles. The Bertz CT molecular complexity index is 890. The standard InChI is InChI=1S/C19H21N3O2S/c1-12(2)22(15-8-6-5-7-9-15)16(23)10-24-18-17-13(3)14(4)25-19(17)21-11-20-18/h5-9,11-12H,10H2,1-4H3. The summed E-state index contributed by atoms with van der Waals surface area (Å²) >= 11 is 1.61. The Hall–Kier alpha value is -2.47. The molecular weight excluding hydrogens is 334 g/mol. The summed E-state index contributed by atoms with van der Waals surface area (Å²) in [5.41, 5.74) is 1.97. The Morgan fingerprint density at radius 2 is 1.92 bits per heavy atom. The Labute approximate surface area is 151 Å². The molecule has 0 spiro atoms. The van der Waals surface area contributed by atoms with Crippen LogP contribution in [0.15, 0.2) is 36.7 Å². The number of fused-ring (bicyclic) bond motifs is 1. The van der Waals surface area contributed by atoms with Gasteiger partial charge in [0.1, 0.15) is 11.2 Å². The van der Waals surface area contributed by atoms with Gasteiger partial charge in [-0.2, -0.15) is 0 Å². The number of anilines is 1. The molecule has 6 heteroatoms. The zero-order chi connectivity index (χ0) is 18.0. The van der Waals surface area contributed by atoms with Gasteiger partial charge in [-0.1, -0.05) is 18.2 Å². The lowest BCUT2D eigenvalue weighted by Gasteiger charge is -2.26.